The third-order valence-electron chi connectivity index (χ3n) is 2.07. The Labute approximate surface area is 108 Å². The van der Waals surface area contributed by atoms with E-state index in [9.17, 15) is 8.42 Å². The highest BCUT2D eigenvalue weighted by Gasteiger charge is 2.03. The summed E-state index contributed by atoms with van der Waals surface area (Å²) in [7, 11) is -3.50. The van der Waals surface area contributed by atoms with E-state index in [4.69, 9.17) is 5.14 Å². The Bertz CT molecular complexity index is 726. The smallest absolute Gasteiger partial charge is 0.238 e. The van der Waals surface area contributed by atoms with Crippen LogP contribution in [0.3, 0.4) is 0 Å². The first-order valence-electron chi connectivity index (χ1n) is 5.12. The number of sulfonamides is 1. The summed E-state index contributed by atoms with van der Waals surface area (Å²) in [5.41, 5.74) is 1.29. The van der Waals surface area contributed by atoms with Gasteiger partial charge < -0.3 is 0 Å². The maximum absolute atomic E-state index is 10.6. The molecule has 0 aliphatic rings. The van der Waals surface area contributed by atoms with Crippen LogP contribution in [-0.2, 0) is 10.0 Å². The summed E-state index contributed by atoms with van der Waals surface area (Å²) in [6.45, 7) is 0. The van der Waals surface area contributed by atoms with Gasteiger partial charge in [-0.15, -0.1) is 5.10 Å². The molecule has 98 valence electrons. The van der Waals surface area contributed by atoms with Crippen molar-refractivity contribution >= 4 is 21.2 Å². The fourth-order valence-corrected chi connectivity index (χ4v) is 1.75. The number of nitrogens with two attached hydrogens (primary N) is 1. The van der Waals surface area contributed by atoms with Gasteiger partial charge in [0.1, 0.15) is 11.8 Å². The van der Waals surface area contributed by atoms with Crippen LogP contribution in [-0.4, -0.2) is 33.8 Å². The van der Waals surface area contributed by atoms with Gasteiger partial charge in [-0.05, 0) is 12.1 Å². The Morgan fingerprint density at radius 1 is 1.11 bits per heavy atom. The van der Waals surface area contributed by atoms with E-state index >= 15 is 0 Å². The summed E-state index contributed by atoms with van der Waals surface area (Å²) in [5.74, 6) is 0. The van der Waals surface area contributed by atoms with Crippen LogP contribution < -0.4 is 5.14 Å². The third-order valence-corrected chi connectivity index (χ3v) is 3.00. The Morgan fingerprint density at radius 2 is 1.84 bits per heavy atom. The second-order valence-corrected chi connectivity index (χ2v) is 4.97. The molecule has 0 radical (unpaired) electrons. The number of H-pyrrole nitrogens is 1. The number of aromatic amines is 1. The van der Waals surface area contributed by atoms with Crippen LogP contribution in [0.5, 0.6) is 0 Å². The summed E-state index contributed by atoms with van der Waals surface area (Å²) in [6, 6.07) is 7.89. The Morgan fingerprint density at radius 3 is 2.42 bits per heavy atom. The van der Waals surface area contributed by atoms with Crippen molar-refractivity contribution < 1.29 is 8.42 Å². The molecule has 0 amide bonds. The SMILES string of the molecule is NS(=O)(=O)c1ccccc1.c1ncc2n[nH]nc2n1. The molecule has 3 N–H and O–H groups in total. The molecule has 2 aromatic heterocycles. The Balaban J connectivity index is 0.000000141. The molecule has 19 heavy (non-hydrogen) atoms. The number of fused-ring (bicyclic) bond motifs is 1. The molecule has 1 aromatic carbocycles. The highest BCUT2D eigenvalue weighted by Crippen LogP contribution is 2.03. The van der Waals surface area contributed by atoms with Gasteiger partial charge >= 0.3 is 0 Å². The van der Waals surface area contributed by atoms with E-state index in [1.807, 2.05) is 0 Å². The van der Waals surface area contributed by atoms with Crippen LogP contribution in [0.15, 0.2) is 47.8 Å². The highest BCUT2D eigenvalue weighted by atomic mass is 32.2. The average molecular weight is 278 g/mol. The second-order valence-electron chi connectivity index (χ2n) is 3.41. The molecule has 8 nitrogen and oxygen atoms in total. The number of rotatable bonds is 1. The molecule has 0 bridgehead atoms. The lowest BCUT2D eigenvalue weighted by molar-refractivity contribution is 0.598. The number of nitrogens with one attached hydrogen (secondary N) is 1. The number of primary sulfonamides is 1. The lowest BCUT2D eigenvalue weighted by atomic mass is 10.4. The maximum Gasteiger partial charge on any atom is 0.238 e. The zero-order chi connectivity index (χ0) is 13.7. The summed E-state index contributed by atoms with van der Waals surface area (Å²) in [4.78, 5) is 7.72. The van der Waals surface area contributed by atoms with Gasteiger partial charge in [-0.25, -0.2) is 23.5 Å². The fourth-order valence-electron chi connectivity index (χ4n) is 1.22. The second kappa shape index (κ2) is 5.50. The zero-order valence-corrected chi connectivity index (χ0v) is 10.4. The van der Waals surface area contributed by atoms with Crippen molar-refractivity contribution in [2.24, 2.45) is 5.14 Å². The minimum atomic E-state index is -3.50. The number of aromatic nitrogens is 5. The number of hydrogen-bond donors (Lipinski definition) is 2. The van der Waals surface area contributed by atoms with Crippen LogP contribution in [0, 0.1) is 0 Å². The summed E-state index contributed by atoms with van der Waals surface area (Å²) in [6.07, 6.45) is 3.04. The third kappa shape index (κ3) is 3.53. The van der Waals surface area contributed by atoms with Gasteiger partial charge in [0.15, 0.2) is 0 Å². The van der Waals surface area contributed by atoms with Crippen LogP contribution in [0.1, 0.15) is 0 Å². The first kappa shape index (κ1) is 13.1. The van der Waals surface area contributed by atoms with Crippen LogP contribution >= 0.6 is 0 Å². The van der Waals surface area contributed by atoms with Gasteiger partial charge in [0.25, 0.3) is 0 Å². The van der Waals surface area contributed by atoms with Crippen LogP contribution in [0.25, 0.3) is 11.2 Å². The van der Waals surface area contributed by atoms with E-state index in [1.165, 1.54) is 18.5 Å². The lowest BCUT2D eigenvalue weighted by Gasteiger charge is -1.93. The van der Waals surface area contributed by atoms with Gasteiger partial charge in [0, 0.05) is 0 Å². The van der Waals surface area contributed by atoms with E-state index in [-0.39, 0.29) is 4.90 Å². The molecule has 0 unspecified atom stereocenters. The molecule has 9 heteroatoms. The molecule has 0 fully saturated rings. The van der Waals surface area contributed by atoms with Gasteiger partial charge in [0.2, 0.25) is 15.7 Å². The normalized spacial score (nSPS) is 10.8. The van der Waals surface area contributed by atoms with Crippen molar-refractivity contribution in [2.45, 2.75) is 4.90 Å². The van der Waals surface area contributed by atoms with Crippen molar-refractivity contribution in [3.05, 3.63) is 42.9 Å². The zero-order valence-electron chi connectivity index (χ0n) is 9.63. The topological polar surface area (TPSA) is 128 Å². The predicted molar refractivity (Wildman–Crippen MR) is 67.3 cm³/mol. The number of nitrogens with zero attached hydrogens (tertiary/aromatic N) is 4. The number of benzene rings is 1. The van der Waals surface area contributed by atoms with Crippen molar-refractivity contribution in [3.8, 4) is 0 Å². The maximum atomic E-state index is 10.6. The van der Waals surface area contributed by atoms with Crippen LogP contribution in [0.2, 0.25) is 0 Å². The fraction of sp³-hybridized carbons (Fsp3) is 0. The quantitative estimate of drug-likeness (QED) is 0.649. The van der Waals surface area contributed by atoms with E-state index in [2.05, 4.69) is 25.4 Å². The molecule has 0 aliphatic carbocycles. The largest absolute Gasteiger partial charge is 0.242 e. The van der Waals surface area contributed by atoms with E-state index < -0.39 is 10.0 Å². The molecule has 2 heterocycles. The predicted octanol–water partition coefficient (Wildman–Crippen LogP) is 0.0819. The van der Waals surface area contributed by atoms with E-state index in [0.717, 1.165) is 0 Å². The first-order valence-corrected chi connectivity index (χ1v) is 6.66. The van der Waals surface area contributed by atoms with Crippen LogP contribution in [0.4, 0.5) is 0 Å². The molecular formula is C10H10N6O2S. The standard InChI is InChI=1S/C6H7NO2S.C4H3N5/c7-10(8,9)6-4-2-1-3-5-6;1-3-4(6-2-5-1)8-9-7-3/h1-5H,(H2,7,8,9);1-2H,(H,5,6,7,8,9). The average Bonchev–Trinajstić information content (AvgIpc) is 2.88. The minimum absolute atomic E-state index is 0.148. The molecular weight excluding hydrogens is 268 g/mol. The monoisotopic (exact) mass is 278 g/mol. The van der Waals surface area contributed by atoms with Crippen molar-refractivity contribution in [2.75, 3.05) is 0 Å². The van der Waals surface area contributed by atoms with Gasteiger partial charge in [-0.3, -0.25) is 0 Å². The van der Waals surface area contributed by atoms with Crippen molar-refractivity contribution in [3.63, 3.8) is 0 Å². The molecule has 0 spiro atoms. The van der Waals surface area contributed by atoms with Gasteiger partial charge in [-0.1, -0.05) is 18.2 Å². The molecule has 0 aliphatic heterocycles. The van der Waals surface area contributed by atoms with Crippen molar-refractivity contribution in [1.29, 1.82) is 0 Å². The van der Waals surface area contributed by atoms with Gasteiger partial charge in [-0.2, -0.15) is 10.3 Å². The molecule has 0 saturated carbocycles. The van der Waals surface area contributed by atoms with Crippen molar-refractivity contribution in [1.82, 2.24) is 25.4 Å². The van der Waals surface area contributed by atoms with Gasteiger partial charge in [0.05, 0.1) is 11.1 Å². The molecule has 3 rings (SSSR count). The first-order chi connectivity index (χ1) is 9.07. The Kier molecular flexibility index (Phi) is 3.78. The Hall–Kier alpha value is -2.39. The summed E-state index contributed by atoms with van der Waals surface area (Å²) >= 11 is 0. The number of hydrogen-bond acceptors (Lipinski definition) is 6. The summed E-state index contributed by atoms with van der Waals surface area (Å²) < 4.78 is 21.2. The van der Waals surface area contributed by atoms with E-state index in [0.29, 0.717) is 11.2 Å². The minimum Gasteiger partial charge on any atom is -0.242 e. The summed E-state index contributed by atoms with van der Waals surface area (Å²) in [5, 5.41) is 14.8. The molecule has 3 aromatic rings. The lowest BCUT2D eigenvalue weighted by Crippen LogP contribution is -2.11. The molecule has 0 saturated heterocycles. The van der Waals surface area contributed by atoms with E-state index in [1.54, 1.807) is 24.4 Å². The molecule has 0 atom stereocenters. The highest BCUT2D eigenvalue weighted by molar-refractivity contribution is 7.89.